The van der Waals surface area contributed by atoms with Gasteiger partial charge in [-0.2, -0.15) is 0 Å². The van der Waals surface area contributed by atoms with Crippen molar-refractivity contribution in [2.45, 2.75) is 18.9 Å². The molecule has 1 fully saturated rings. The molecule has 3 N–H and O–H groups in total. The number of nitrogens with one attached hydrogen (secondary N) is 2. The third-order valence-corrected chi connectivity index (χ3v) is 7.62. The van der Waals surface area contributed by atoms with Gasteiger partial charge in [0.1, 0.15) is 5.75 Å². The van der Waals surface area contributed by atoms with Gasteiger partial charge in [-0.05, 0) is 52.9 Å². The van der Waals surface area contributed by atoms with E-state index in [4.69, 9.17) is 4.74 Å². The van der Waals surface area contributed by atoms with E-state index in [1.807, 2.05) is 23.1 Å². The van der Waals surface area contributed by atoms with Crippen LogP contribution in [0.25, 0.3) is 10.8 Å². The van der Waals surface area contributed by atoms with Gasteiger partial charge in [-0.3, -0.25) is 0 Å². The molecule has 40 heavy (non-hydrogen) atoms. The van der Waals surface area contributed by atoms with Gasteiger partial charge in [0.15, 0.2) is 0 Å². The van der Waals surface area contributed by atoms with E-state index < -0.39 is 5.97 Å². The highest BCUT2D eigenvalue weighted by Crippen LogP contribution is 2.34. The van der Waals surface area contributed by atoms with Crippen LogP contribution in [0.2, 0.25) is 0 Å². The van der Waals surface area contributed by atoms with Crippen LogP contribution in [0.1, 0.15) is 40.4 Å². The van der Waals surface area contributed by atoms with Crippen molar-refractivity contribution in [3.63, 3.8) is 0 Å². The molecule has 0 spiro atoms. The molecule has 1 aliphatic heterocycles. The molecule has 7 nitrogen and oxygen atoms in total. The molecule has 1 aliphatic rings. The van der Waals surface area contributed by atoms with Crippen molar-refractivity contribution >= 4 is 40.9 Å². The summed E-state index contributed by atoms with van der Waals surface area (Å²) in [5, 5.41) is 18.4. The summed E-state index contributed by atoms with van der Waals surface area (Å²) in [5.74, 6) is -0.346. The van der Waals surface area contributed by atoms with Crippen molar-refractivity contribution < 1.29 is 19.4 Å². The minimum Gasteiger partial charge on any atom is -0.495 e. The van der Waals surface area contributed by atoms with E-state index in [9.17, 15) is 14.7 Å². The van der Waals surface area contributed by atoms with E-state index >= 15 is 0 Å². The Morgan fingerprint density at radius 1 is 0.975 bits per heavy atom. The number of carbonyl (C=O) groups excluding carboxylic acids is 1. The second kappa shape index (κ2) is 12.9. The van der Waals surface area contributed by atoms with E-state index in [2.05, 4.69) is 72.2 Å². The molecule has 0 radical (unpaired) electrons. The summed E-state index contributed by atoms with van der Waals surface area (Å²) >= 11 is 0. The van der Waals surface area contributed by atoms with Gasteiger partial charge in [0, 0.05) is 31.6 Å². The number of carboxylic acid groups (broad SMARTS) is 1. The first kappa shape index (κ1) is 28.9. The standard InChI is InChI=1S/C32H33N3O4.ClH/c1-21(26-14-8-12-22-11-6-7-13-27(22)26)33-18-25-19-35(20-28(25)23-9-4-3-5-10-23)32(38)34-29-16-15-24(31(36)37)17-30(29)39-2;/h3-17,21,25,28,33H,18-20H2,1-2H3,(H,34,38)(H,36,37);1H/t21-,25-,28-;/m1./s1. The average molecular weight is 560 g/mol. The molecule has 8 heteroatoms. The number of likely N-dealkylation sites (tertiary alicyclic amines) is 1. The topological polar surface area (TPSA) is 90.9 Å². The summed E-state index contributed by atoms with van der Waals surface area (Å²) in [5.41, 5.74) is 3.01. The average Bonchev–Trinajstić information content (AvgIpc) is 3.40. The molecule has 3 atom stereocenters. The van der Waals surface area contributed by atoms with Crippen LogP contribution in [0.3, 0.4) is 0 Å². The molecule has 4 aromatic rings. The molecule has 2 amide bonds. The number of anilines is 1. The molecular weight excluding hydrogens is 526 g/mol. The van der Waals surface area contributed by atoms with Gasteiger partial charge in [-0.1, -0.05) is 72.8 Å². The lowest BCUT2D eigenvalue weighted by Gasteiger charge is -2.23. The van der Waals surface area contributed by atoms with E-state index in [-0.39, 0.29) is 41.9 Å². The molecule has 4 aromatic carbocycles. The molecule has 0 aliphatic carbocycles. The maximum Gasteiger partial charge on any atom is 0.335 e. The van der Waals surface area contributed by atoms with Gasteiger partial charge in [-0.25, -0.2) is 9.59 Å². The molecular formula is C32H34ClN3O4. The fourth-order valence-corrected chi connectivity index (χ4v) is 5.51. The Balaban J connectivity index is 0.00000370. The SMILES string of the molecule is COc1cc(C(=O)O)ccc1NC(=O)N1C[C@@H](CN[C@H](C)c2cccc3ccccc23)[C@@H](c2ccccc2)C1.Cl. The number of amides is 2. The number of fused-ring (bicyclic) bond motifs is 1. The lowest BCUT2D eigenvalue weighted by atomic mass is 9.88. The molecule has 0 saturated carbocycles. The lowest BCUT2D eigenvalue weighted by molar-refractivity contribution is 0.0696. The molecule has 0 unspecified atom stereocenters. The Labute approximate surface area is 240 Å². The summed E-state index contributed by atoms with van der Waals surface area (Å²) in [4.78, 5) is 26.5. The Morgan fingerprint density at radius 2 is 1.70 bits per heavy atom. The van der Waals surface area contributed by atoms with Crippen LogP contribution >= 0.6 is 12.4 Å². The second-order valence-corrected chi connectivity index (χ2v) is 10.0. The number of rotatable bonds is 8. The van der Waals surface area contributed by atoms with E-state index in [1.165, 1.54) is 41.1 Å². The maximum absolute atomic E-state index is 13.4. The Kier molecular flexibility index (Phi) is 9.30. The fraction of sp³-hybridized carbons (Fsp3) is 0.250. The zero-order chi connectivity index (χ0) is 27.4. The predicted octanol–water partition coefficient (Wildman–Crippen LogP) is 6.57. The minimum absolute atomic E-state index is 0. The van der Waals surface area contributed by atoms with Gasteiger partial charge in [0.2, 0.25) is 0 Å². The van der Waals surface area contributed by atoms with Crippen molar-refractivity contribution in [1.82, 2.24) is 10.2 Å². The number of aromatic carboxylic acids is 1. The molecule has 0 aromatic heterocycles. The number of nitrogens with zero attached hydrogens (tertiary/aromatic N) is 1. The molecule has 0 bridgehead atoms. The Bertz CT molecular complexity index is 1470. The van der Waals surface area contributed by atoms with Crippen molar-refractivity contribution in [3.05, 3.63) is 108 Å². The van der Waals surface area contributed by atoms with Crippen molar-refractivity contribution in [3.8, 4) is 5.75 Å². The maximum atomic E-state index is 13.4. The predicted molar refractivity (Wildman–Crippen MR) is 161 cm³/mol. The molecule has 1 saturated heterocycles. The van der Waals surface area contributed by atoms with Gasteiger partial charge in [0.25, 0.3) is 0 Å². The normalized spacial score (nSPS) is 17.2. The second-order valence-electron chi connectivity index (χ2n) is 10.0. The number of ether oxygens (including phenoxy) is 1. The van der Waals surface area contributed by atoms with Crippen molar-refractivity contribution in [2.24, 2.45) is 5.92 Å². The Hall–Kier alpha value is -4.07. The summed E-state index contributed by atoms with van der Waals surface area (Å²) in [6, 6.07) is 29.5. The summed E-state index contributed by atoms with van der Waals surface area (Å²) < 4.78 is 5.34. The van der Waals surface area contributed by atoms with Crippen LogP contribution in [-0.4, -0.2) is 48.8 Å². The first-order valence-electron chi connectivity index (χ1n) is 13.2. The quantitative estimate of drug-likeness (QED) is 0.227. The molecule has 1 heterocycles. The zero-order valence-electron chi connectivity index (χ0n) is 22.5. The number of hydrogen-bond donors (Lipinski definition) is 3. The molecule has 208 valence electrons. The monoisotopic (exact) mass is 559 g/mol. The third kappa shape index (κ3) is 6.22. The smallest absolute Gasteiger partial charge is 0.335 e. The number of hydrogen-bond acceptors (Lipinski definition) is 4. The van der Waals surface area contributed by atoms with Gasteiger partial charge < -0.3 is 25.4 Å². The molecule has 5 rings (SSSR count). The van der Waals surface area contributed by atoms with Gasteiger partial charge >= 0.3 is 12.0 Å². The Morgan fingerprint density at radius 3 is 2.45 bits per heavy atom. The number of carbonyl (C=O) groups is 2. The van der Waals surface area contributed by atoms with Crippen molar-refractivity contribution in [2.75, 3.05) is 32.1 Å². The highest BCUT2D eigenvalue weighted by Gasteiger charge is 2.36. The van der Waals surface area contributed by atoms with Crippen LogP contribution < -0.4 is 15.4 Å². The van der Waals surface area contributed by atoms with Crippen LogP contribution in [0, 0.1) is 5.92 Å². The first-order chi connectivity index (χ1) is 18.9. The lowest BCUT2D eigenvalue weighted by Crippen LogP contribution is -2.34. The number of methoxy groups -OCH3 is 1. The van der Waals surface area contributed by atoms with Gasteiger partial charge in [0.05, 0.1) is 18.4 Å². The third-order valence-electron chi connectivity index (χ3n) is 7.62. The van der Waals surface area contributed by atoms with Crippen LogP contribution in [0.15, 0.2) is 91.0 Å². The zero-order valence-corrected chi connectivity index (χ0v) is 23.4. The van der Waals surface area contributed by atoms with Crippen LogP contribution in [0.5, 0.6) is 5.75 Å². The van der Waals surface area contributed by atoms with E-state index in [1.54, 1.807) is 6.07 Å². The number of halogens is 1. The van der Waals surface area contributed by atoms with E-state index in [0.29, 0.717) is 24.5 Å². The first-order valence-corrected chi connectivity index (χ1v) is 13.2. The van der Waals surface area contributed by atoms with Crippen LogP contribution in [0.4, 0.5) is 10.5 Å². The van der Waals surface area contributed by atoms with Crippen molar-refractivity contribution in [1.29, 1.82) is 0 Å². The highest BCUT2D eigenvalue weighted by atomic mass is 35.5. The minimum atomic E-state index is -1.05. The summed E-state index contributed by atoms with van der Waals surface area (Å²) in [6.45, 7) is 4.12. The van der Waals surface area contributed by atoms with Crippen LogP contribution in [-0.2, 0) is 0 Å². The highest BCUT2D eigenvalue weighted by molar-refractivity contribution is 5.94. The van der Waals surface area contributed by atoms with E-state index in [0.717, 1.165) is 6.54 Å². The summed E-state index contributed by atoms with van der Waals surface area (Å²) in [7, 11) is 1.46. The number of carboxylic acids is 1. The largest absolute Gasteiger partial charge is 0.495 e. The number of benzene rings is 4. The van der Waals surface area contributed by atoms with Gasteiger partial charge in [-0.15, -0.1) is 12.4 Å². The fourth-order valence-electron chi connectivity index (χ4n) is 5.51. The summed E-state index contributed by atoms with van der Waals surface area (Å²) in [6.07, 6.45) is 0. The number of urea groups is 1.